The van der Waals surface area contributed by atoms with E-state index in [1.165, 1.54) is 23.4 Å². The molecule has 240 valence electrons. The van der Waals surface area contributed by atoms with Crippen LogP contribution in [0.1, 0.15) is 53.9 Å². The van der Waals surface area contributed by atoms with E-state index >= 15 is 0 Å². The molecule has 7 nitrogen and oxygen atoms in total. The molecule has 0 atom stereocenters. The molecular formula is C39H45N3O4. The largest absolute Gasteiger partial charge is 0.496 e. The summed E-state index contributed by atoms with van der Waals surface area (Å²) in [5, 5.41) is 1.28. The molecule has 0 bridgehead atoms. The van der Waals surface area contributed by atoms with Crippen LogP contribution in [0.25, 0.3) is 0 Å². The molecule has 1 aliphatic rings. The molecule has 0 unspecified atom stereocenters. The molecular weight excluding hydrogens is 574 g/mol. The zero-order valence-corrected chi connectivity index (χ0v) is 26.7. The van der Waals surface area contributed by atoms with Crippen molar-refractivity contribution in [3.05, 3.63) is 138 Å². The second kappa shape index (κ2) is 16.7. The van der Waals surface area contributed by atoms with Gasteiger partial charge in [-0.05, 0) is 74.0 Å². The summed E-state index contributed by atoms with van der Waals surface area (Å²) in [6.45, 7) is 3.49. The number of hydrogen-bond acceptors (Lipinski definition) is 6. The van der Waals surface area contributed by atoms with Crippen molar-refractivity contribution in [1.29, 1.82) is 0 Å². The first-order chi connectivity index (χ1) is 22.6. The van der Waals surface area contributed by atoms with E-state index in [1.54, 1.807) is 7.11 Å². The second-order valence-corrected chi connectivity index (χ2v) is 11.9. The minimum atomic E-state index is -0.616. The van der Waals surface area contributed by atoms with Gasteiger partial charge in [0, 0.05) is 17.5 Å². The standard InChI is InChI=1S/C39H45N3O4/c1-45-37-21-12-11-16-34(37)30-46-38(44)42(28-29-43)40-31-39(35-17-7-3-8-18-35,36-19-9-4-10-20-36)24-13-25-41-26-22-33(23-27-41)32-14-5-2-6-15-32/h2-12,14-21,29,33,40H,13,22-28,30-31H2,1H3. The molecule has 1 amide bonds. The van der Waals surface area contributed by atoms with Crippen molar-refractivity contribution in [2.24, 2.45) is 0 Å². The summed E-state index contributed by atoms with van der Waals surface area (Å²) in [7, 11) is 1.58. The zero-order valence-electron chi connectivity index (χ0n) is 26.7. The molecule has 7 heteroatoms. The van der Waals surface area contributed by atoms with Gasteiger partial charge >= 0.3 is 6.09 Å². The number of nitrogens with zero attached hydrogens (tertiary/aromatic N) is 2. The van der Waals surface area contributed by atoms with Crippen LogP contribution in [-0.4, -0.2) is 62.1 Å². The van der Waals surface area contributed by atoms with Gasteiger partial charge in [0.25, 0.3) is 0 Å². The fourth-order valence-corrected chi connectivity index (χ4v) is 6.63. The Kier molecular flexibility index (Phi) is 12.0. The number of piperidine rings is 1. The van der Waals surface area contributed by atoms with Crippen LogP contribution in [0, 0.1) is 0 Å². The Balaban J connectivity index is 1.30. The van der Waals surface area contributed by atoms with Gasteiger partial charge < -0.3 is 19.2 Å². The van der Waals surface area contributed by atoms with Gasteiger partial charge in [0.05, 0.1) is 13.7 Å². The number of rotatable bonds is 15. The molecule has 4 aromatic carbocycles. The summed E-state index contributed by atoms with van der Waals surface area (Å²) >= 11 is 0. The second-order valence-electron chi connectivity index (χ2n) is 11.9. The Morgan fingerprint density at radius 3 is 2.07 bits per heavy atom. The molecule has 1 N–H and O–H groups in total. The molecule has 0 radical (unpaired) electrons. The average molecular weight is 620 g/mol. The first-order valence-corrected chi connectivity index (χ1v) is 16.2. The van der Waals surface area contributed by atoms with Crippen LogP contribution < -0.4 is 10.2 Å². The third kappa shape index (κ3) is 8.42. The minimum Gasteiger partial charge on any atom is -0.496 e. The highest BCUT2D eigenvalue weighted by atomic mass is 16.6. The molecule has 1 saturated heterocycles. The number of hydrogen-bond donors (Lipinski definition) is 1. The van der Waals surface area contributed by atoms with E-state index in [0.717, 1.165) is 49.2 Å². The van der Waals surface area contributed by atoms with Crippen LogP contribution in [0.5, 0.6) is 5.75 Å². The summed E-state index contributed by atoms with van der Waals surface area (Å²) in [5.41, 5.74) is 7.38. The third-order valence-corrected chi connectivity index (χ3v) is 9.18. The maximum atomic E-state index is 13.3. The Labute approximate surface area is 273 Å². The van der Waals surface area contributed by atoms with Crippen molar-refractivity contribution in [3.63, 3.8) is 0 Å². The molecule has 5 rings (SSSR count). The fraction of sp³-hybridized carbons (Fsp3) is 0.333. The van der Waals surface area contributed by atoms with E-state index in [9.17, 15) is 9.59 Å². The van der Waals surface area contributed by atoms with Gasteiger partial charge in [0.1, 0.15) is 18.6 Å². The SMILES string of the molecule is COc1ccccc1COC(=O)N(CC=O)NCC(CCCN1CCC(c2ccccc2)CC1)(c1ccccc1)c1ccccc1. The van der Waals surface area contributed by atoms with E-state index < -0.39 is 11.5 Å². The lowest BCUT2D eigenvalue weighted by Gasteiger charge is -2.38. The van der Waals surface area contributed by atoms with Gasteiger partial charge in [-0.25, -0.2) is 15.2 Å². The zero-order chi connectivity index (χ0) is 32.0. The molecule has 0 saturated carbocycles. The van der Waals surface area contributed by atoms with Crippen molar-refractivity contribution >= 4 is 12.4 Å². The van der Waals surface area contributed by atoms with E-state index in [0.29, 0.717) is 24.5 Å². The number of aldehydes is 1. The topological polar surface area (TPSA) is 71.1 Å². The Morgan fingerprint density at radius 1 is 0.870 bits per heavy atom. The van der Waals surface area contributed by atoms with Crippen LogP contribution >= 0.6 is 0 Å². The van der Waals surface area contributed by atoms with Crippen LogP contribution in [-0.2, 0) is 21.6 Å². The van der Waals surface area contributed by atoms with Crippen LogP contribution in [0.2, 0.25) is 0 Å². The molecule has 4 aromatic rings. The number of para-hydroxylation sites is 1. The van der Waals surface area contributed by atoms with Crippen molar-refractivity contribution in [3.8, 4) is 5.75 Å². The van der Waals surface area contributed by atoms with Gasteiger partial charge in [0.2, 0.25) is 0 Å². The Hall–Kier alpha value is -4.46. The highest BCUT2D eigenvalue weighted by Crippen LogP contribution is 2.37. The number of carbonyl (C=O) groups excluding carboxylic acids is 2. The van der Waals surface area contributed by atoms with Crippen LogP contribution in [0.3, 0.4) is 0 Å². The minimum absolute atomic E-state index is 0.0311. The Morgan fingerprint density at radius 2 is 1.46 bits per heavy atom. The molecule has 1 aliphatic heterocycles. The summed E-state index contributed by atoms with van der Waals surface area (Å²) in [6, 6.07) is 39.2. The van der Waals surface area contributed by atoms with Crippen LogP contribution in [0.15, 0.2) is 115 Å². The first kappa shape index (κ1) is 32.9. The molecule has 0 aromatic heterocycles. The molecule has 0 spiro atoms. The summed E-state index contributed by atoms with van der Waals surface area (Å²) in [4.78, 5) is 27.6. The quantitative estimate of drug-likeness (QED) is 0.114. The van der Waals surface area contributed by atoms with Crippen molar-refractivity contribution in [2.45, 2.75) is 43.6 Å². The molecule has 1 heterocycles. The third-order valence-electron chi connectivity index (χ3n) is 9.18. The van der Waals surface area contributed by atoms with Gasteiger partial charge in [-0.3, -0.25) is 0 Å². The molecule has 46 heavy (non-hydrogen) atoms. The number of methoxy groups -OCH3 is 1. The van der Waals surface area contributed by atoms with Gasteiger partial charge in [-0.15, -0.1) is 0 Å². The number of amides is 1. The number of carbonyl (C=O) groups is 2. The van der Waals surface area contributed by atoms with E-state index in [-0.39, 0.29) is 13.2 Å². The average Bonchev–Trinajstić information content (AvgIpc) is 3.13. The highest BCUT2D eigenvalue weighted by Gasteiger charge is 2.35. The van der Waals surface area contributed by atoms with E-state index in [1.807, 2.05) is 36.4 Å². The molecule has 0 aliphatic carbocycles. The number of likely N-dealkylation sites (tertiary alicyclic amines) is 1. The maximum Gasteiger partial charge on any atom is 0.425 e. The Bertz CT molecular complexity index is 1450. The lowest BCUT2D eigenvalue weighted by atomic mass is 9.71. The highest BCUT2D eigenvalue weighted by molar-refractivity contribution is 5.71. The number of nitrogens with one attached hydrogen (secondary N) is 1. The van der Waals surface area contributed by atoms with Crippen LogP contribution in [0.4, 0.5) is 4.79 Å². The van der Waals surface area contributed by atoms with E-state index in [4.69, 9.17) is 9.47 Å². The molecule has 1 fully saturated rings. The summed E-state index contributed by atoms with van der Waals surface area (Å²) < 4.78 is 11.0. The summed E-state index contributed by atoms with van der Waals surface area (Å²) in [5.74, 6) is 1.27. The predicted molar refractivity (Wildman–Crippen MR) is 182 cm³/mol. The monoisotopic (exact) mass is 619 g/mol. The smallest absolute Gasteiger partial charge is 0.425 e. The van der Waals surface area contributed by atoms with Crippen molar-refractivity contribution < 1.29 is 19.1 Å². The number of hydrazine groups is 1. The van der Waals surface area contributed by atoms with Gasteiger partial charge in [-0.2, -0.15) is 0 Å². The normalized spacial score (nSPS) is 14.0. The first-order valence-electron chi connectivity index (χ1n) is 16.2. The fourth-order valence-electron chi connectivity index (χ4n) is 6.63. The van der Waals surface area contributed by atoms with Gasteiger partial charge in [-0.1, -0.05) is 109 Å². The lowest BCUT2D eigenvalue weighted by Crippen LogP contribution is -2.51. The van der Waals surface area contributed by atoms with E-state index in [2.05, 4.69) is 89.2 Å². The van der Waals surface area contributed by atoms with Crippen molar-refractivity contribution in [1.82, 2.24) is 15.3 Å². The van der Waals surface area contributed by atoms with Crippen molar-refractivity contribution in [2.75, 3.05) is 39.8 Å². The lowest BCUT2D eigenvalue weighted by molar-refractivity contribution is -0.109. The summed E-state index contributed by atoms with van der Waals surface area (Å²) in [6.07, 6.45) is 4.28. The van der Waals surface area contributed by atoms with Gasteiger partial charge in [0.15, 0.2) is 0 Å². The number of benzene rings is 4. The number of ether oxygens (including phenoxy) is 2. The maximum absolute atomic E-state index is 13.3. The predicted octanol–water partition coefficient (Wildman–Crippen LogP) is 6.98.